The summed E-state index contributed by atoms with van der Waals surface area (Å²) in [4.78, 5) is 7.10. The van der Waals surface area contributed by atoms with Gasteiger partial charge in [-0.05, 0) is 51.8 Å². The largest absolute Gasteiger partial charge is 0.370 e. The van der Waals surface area contributed by atoms with Crippen molar-refractivity contribution in [3.63, 3.8) is 0 Å². The van der Waals surface area contributed by atoms with Crippen LogP contribution in [0.3, 0.4) is 0 Å². The van der Waals surface area contributed by atoms with Crippen LogP contribution < -0.4 is 5.32 Å². The van der Waals surface area contributed by atoms with Crippen LogP contribution in [0.25, 0.3) is 0 Å². The van der Waals surface area contributed by atoms with Crippen LogP contribution in [-0.4, -0.2) is 29.0 Å². The standard InChI is InChI=1S/C15H25N3/c1-4-16-15-9-8-13(11-17-15)14-7-5-6-10-18(14)12(2)3/h8-9,11-12,14H,4-7,10H2,1-3H3,(H,16,17). The van der Waals surface area contributed by atoms with Crippen molar-refractivity contribution in [2.75, 3.05) is 18.4 Å². The lowest BCUT2D eigenvalue weighted by molar-refractivity contribution is 0.112. The Bertz CT molecular complexity index is 359. The first kappa shape index (κ1) is 13.3. The van der Waals surface area contributed by atoms with Crippen LogP contribution in [0.15, 0.2) is 18.3 Å². The van der Waals surface area contributed by atoms with E-state index in [-0.39, 0.29) is 0 Å². The number of anilines is 1. The normalized spacial score (nSPS) is 21.2. The molecule has 2 rings (SSSR count). The van der Waals surface area contributed by atoms with Crippen molar-refractivity contribution in [2.24, 2.45) is 0 Å². The van der Waals surface area contributed by atoms with Gasteiger partial charge < -0.3 is 5.32 Å². The van der Waals surface area contributed by atoms with Crippen LogP contribution in [0.4, 0.5) is 5.82 Å². The number of aromatic nitrogens is 1. The first-order valence-corrected chi connectivity index (χ1v) is 7.18. The maximum atomic E-state index is 4.50. The van der Waals surface area contributed by atoms with Gasteiger partial charge >= 0.3 is 0 Å². The van der Waals surface area contributed by atoms with Crippen molar-refractivity contribution in [1.29, 1.82) is 0 Å². The molecule has 0 radical (unpaired) electrons. The number of hydrogen-bond donors (Lipinski definition) is 1. The van der Waals surface area contributed by atoms with Crippen LogP contribution in [-0.2, 0) is 0 Å². The second kappa shape index (κ2) is 6.19. The van der Waals surface area contributed by atoms with Gasteiger partial charge in [0.1, 0.15) is 5.82 Å². The third-order valence-electron chi connectivity index (χ3n) is 3.74. The molecule has 1 fully saturated rings. The van der Waals surface area contributed by atoms with Gasteiger partial charge in [0.05, 0.1) is 0 Å². The van der Waals surface area contributed by atoms with E-state index in [1.165, 1.54) is 31.4 Å². The third kappa shape index (κ3) is 3.02. The number of rotatable bonds is 4. The fourth-order valence-corrected chi connectivity index (χ4v) is 2.82. The lowest BCUT2D eigenvalue weighted by Gasteiger charge is -2.38. The zero-order valence-electron chi connectivity index (χ0n) is 11.8. The molecular formula is C15H25N3. The molecule has 3 nitrogen and oxygen atoms in total. The highest BCUT2D eigenvalue weighted by Crippen LogP contribution is 2.32. The average Bonchev–Trinajstić information content (AvgIpc) is 2.40. The highest BCUT2D eigenvalue weighted by atomic mass is 15.2. The van der Waals surface area contributed by atoms with Gasteiger partial charge in [-0.2, -0.15) is 0 Å². The molecule has 18 heavy (non-hydrogen) atoms. The monoisotopic (exact) mass is 247 g/mol. The van der Waals surface area contributed by atoms with Crippen molar-refractivity contribution in [1.82, 2.24) is 9.88 Å². The van der Waals surface area contributed by atoms with Gasteiger partial charge in [-0.15, -0.1) is 0 Å². The number of pyridine rings is 1. The predicted molar refractivity (Wildman–Crippen MR) is 76.8 cm³/mol. The molecule has 0 saturated carbocycles. The second-order valence-electron chi connectivity index (χ2n) is 5.35. The topological polar surface area (TPSA) is 28.2 Å². The Hall–Kier alpha value is -1.09. The lowest BCUT2D eigenvalue weighted by Crippen LogP contribution is -2.38. The molecule has 0 amide bonds. The van der Waals surface area contributed by atoms with E-state index in [9.17, 15) is 0 Å². The first-order valence-electron chi connectivity index (χ1n) is 7.18. The molecule has 0 aromatic carbocycles. The number of nitrogens with zero attached hydrogens (tertiary/aromatic N) is 2. The Morgan fingerprint density at radius 2 is 2.22 bits per heavy atom. The molecule has 0 aliphatic carbocycles. The van der Waals surface area contributed by atoms with Crippen LogP contribution in [0, 0.1) is 0 Å². The third-order valence-corrected chi connectivity index (χ3v) is 3.74. The Labute approximate surface area is 111 Å². The molecular weight excluding hydrogens is 222 g/mol. The summed E-state index contributed by atoms with van der Waals surface area (Å²) in [5.41, 5.74) is 1.37. The van der Waals surface area contributed by atoms with E-state index in [0.29, 0.717) is 12.1 Å². The van der Waals surface area contributed by atoms with Crippen molar-refractivity contribution in [2.45, 2.75) is 52.1 Å². The summed E-state index contributed by atoms with van der Waals surface area (Å²) in [6.07, 6.45) is 5.98. The molecule has 1 atom stereocenters. The fraction of sp³-hybridized carbons (Fsp3) is 0.667. The minimum absolute atomic E-state index is 0.557. The number of hydrogen-bond acceptors (Lipinski definition) is 3. The molecule has 1 aliphatic rings. The zero-order valence-corrected chi connectivity index (χ0v) is 11.8. The van der Waals surface area contributed by atoms with Crippen molar-refractivity contribution < 1.29 is 0 Å². The molecule has 2 heterocycles. The van der Waals surface area contributed by atoms with Gasteiger partial charge in [-0.25, -0.2) is 4.98 Å². The highest BCUT2D eigenvalue weighted by Gasteiger charge is 2.25. The van der Waals surface area contributed by atoms with Crippen LogP contribution in [0.5, 0.6) is 0 Å². The number of nitrogens with one attached hydrogen (secondary N) is 1. The van der Waals surface area contributed by atoms with E-state index < -0.39 is 0 Å². The van der Waals surface area contributed by atoms with Crippen molar-refractivity contribution in [3.05, 3.63) is 23.9 Å². The van der Waals surface area contributed by atoms with E-state index in [4.69, 9.17) is 0 Å². The molecule has 0 bridgehead atoms. The van der Waals surface area contributed by atoms with E-state index in [2.05, 4.69) is 48.1 Å². The maximum absolute atomic E-state index is 4.50. The minimum atomic E-state index is 0.557. The van der Waals surface area contributed by atoms with Gasteiger partial charge in [-0.3, -0.25) is 4.90 Å². The molecule has 3 heteroatoms. The van der Waals surface area contributed by atoms with Crippen LogP contribution in [0.1, 0.15) is 51.6 Å². The average molecular weight is 247 g/mol. The SMILES string of the molecule is CCNc1ccc(C2CCCCN2C(C)C)cn1. The molecule has 1 N–H and O–H groups in total. The first-order chi connectivity index (χ1) is 8.72. The van der Waals surface area contributed by atoms with Gasteiger partial charge in [0.25, 0.3) is 0 Å². The van der Waals surface area contributed by atoms with Gasteiger partial charge in [0.15, 0.2) is 0 Å². The van der Waals surface area contributed by atoms with Gasteiger partial charge in [0, 0.05) is 24.8 Å². The lowest BCUT2D eigenvalue weighted by atomic mass is 9.95. The van der Waals surface area contributed by atoms with E-state index in [1.54, 1.807) is 0 Å². The smallest absolute Gasteiger partial charge is 0.125 e. The summed E-state index contributed by atoms with van der Waals surface area (Å²) in [6.45, 7) is 8.82. The Kier molecular flexibility index (Phi) is 4.59. The molecule has 1 aromatic rings. The van der Waals surface area contributed by atoms with E-state index in [1.807, 2.05) is 6.20 Å². The van der Waals surface area contributed by atoms with E-state index in [0.717, 1.165) is 12.4 Å². The van der Waals surface area contributed by atoms with Crippen LogP contribution in [0.2, 0.25) is 0 Å². The second-order valence-corrected chi connectivity index (χ2v) is 5.35. The van der Waals surface area contributed by atoms with Crippen LogP contribution >= 0.6 is 0 Å². The predicted octanol–water partition coefficient (Wildman–Crippen LogP) is 3.45. The summed E-state index contributed by atoms with van der Waals surface area (Å²) in [5, 5.41) is 3.25. The van der Waals surface area contributed by atoms with E-state index >= 15 is 0 Å². The quantitative estimate of drug-likeness (QED) is 0.883. The highest BCUT2D eigenvalue weighted by molar-refractivity contribution is 5.36. The van der Waals surface area contributed by atoms with Gasteiger partial charge in [0.2, 0.25) is 0 Å². The summed E-state index contributed by atoms with van der Waals surface area (Å²) in [5.74, 6) is 0.980. The summed E-state index contributed by atoms with van der Waals surface area (Å²) >= 11 is 0. The molecule has 0 spiro atoms. The van der Waals surface area contributed by atoms with Crippen molar-refractivity contribution >= 4 is 5.82 Å². The molecule has 1 aliphatic heterocycles. The maximum Gasteiger partial charge on any atom is 0.125 e. The van der Waals surface area contributed by atoms with Gasteiger partial charge in [-0.1, -0.05) is 12.5 Å². The Morgan fingerprint density at radius 3 is 2.83 bits per heavy atom. The summed E-state index contributed by atoms with van der Waals surface area (Å²) in [6, 6.07) is 5.51. The van der Waals surface area contributed by atoms with Crippen molar-refractivity contribution in [3.8, 4) is 0 Å². The Balaban J connectivity index is 2.12. The fourth-order valence-electron chi connectivity index (χ4n) is 2.82. The zero-order chi connectivity index (χ0) is 13.0. The molecule has 1 unspecified atom stereocenters. The number of piperidine rings is 1. The molecule has 1 aromatic heterocycles. The molecule has 100 valence electrons. The minimum Gasteiger partial charge on any atom is -0.370 e. The Morgan fingerprint density at radius 1 is 1.39 bits per heavy atom. The summed E-state index contributed by atoms with van der Waals surface area (Å²) in [7, 11) is 0. The molecule has 1 saturated heterocycles. The number of likely N-dealkylation sites (tertiary alicyclic amines) is 1. The summed E-state index contributed by atoms with van der Waals surface area (Å²) < 4.78 is 0.